The molecule has 2 nitrogen and oxygen atoms in total. The third-order valence-corrected chi connectivity index (χ3v) is 9.48. The molecule has 0 aromatic heterocycles. The van der Waals surface area contributed by atoms with Crippen molar-refractivity contribution in [2.24, 2.45) is 17.8 Å². The molecule has 0 heterocycles. The van der Waals surface area contributed by atoms with Crippen molar-refractivity contribution >= 4 is 11.4 Å². The van der Waals surface area contributed by atoms with Crippen molar-refractivity contribution in [1.82, 2.24) is 0 Å². The van der Waals surface area contributed by atoms with Crippen molar-refractivity contribution in [2.45, 2.75) is 115 Å². The molecule has 0 unspecified atom stereocenters. The zero-order chi connectivity index (χ0) is 24.5. The summed E-state index contributed by atoms with van der Waals surface area (Å²) >= 11 is 0. The molecule has 2 aliphatic carbocycles. The molecule has 2 aromatic rings. The fourth-order valence-corrected chi connectivity index (χ4v) is 7.20. The van der Waals surface area contributed by atoms with E-state index < -0.39 is 0 Å². The first-order valence-corrected chi connectivity index (χ1v) is 14.8. The number of anilines is 2. The Morgan fingerprint density at radius 1 is 0.600 bits per heavy atom. The second-order valence-corrected chi connectivity index (χ2v) is 11.9. The summed E-state index contributed by atoms with van der Waals surface area (Å²) in [6.07, 6.45) is 22.7. The van der Waals surface area contributed by atoms with Gasteiger partial charge in [0.15, 0.2) is 0 Å². The van der Waals surface area contributed by atoms with Gasteiger partial charge in [-0.05, 0) is 85.3 Å². The molecule has 2 fully saturated rings. The summed E-state index contributed by atoms with van der Waals surface area (Å²) < 4.78 is 0. The molecule has 2 saturated carbocycles. The lowest BCUT2D eigenvalue weighted by atomic mass is 9.61. The number of benzene rings is 2. The molecule has 0 aliphatic heterocycles. The molecule has 0 amide bonds. The maximum atomic E-state index is 6.03. The Balaban J connectivity index is 1.27. The van der Waals surface area contributed by atoms with Crippen LogP contribution in [0.1, 0.15) is 121 Å². The number of nitrogen functional groups attached to an aromatic ring is 2. The Bertz CT molecular complexity index is 805. The molecule has 192 valence electrons. The number of nitrogens with two attached hydrogens (primary N) is 2. The first-order chi connectivity index (χ1) is 17.1. The van der Waals surface area contributed by atoms with Gasteiger partial charge in [0.25, 0.3) is 0 Å². The summed E-state index contributed by atoms with van der Waals surface area (Å²) in [5.74, 6) is 2.89. The number of hydrogen-bond acceptors (Lipinski definition) is 2. The Morgan fingerprint density at radius 2 is 1.06 bits per heavy atom. The van der Waals surface area contributed by atoms with Gasteiger partial charge in [-0.1, -0.05) is 102 Å². The van der Waals surface area contributed by atoms with E-state index in [2.05, 4.69) is 55.5 Å². The largest absolute Gasteiger partial charge is 0.399 e. The van der Waals surface area contributed by atoms with Gasteiger partial charge in [0.05, 0.1) is 0 Å². The van der Waals surface area contributed by atoms with Gasteiger partial charge in [-0.3, -0.25) is 0 Å². The lowest BCUT2D eigenvalue weighted by Crippen LogP contribution is -2.34. The normalized spacial score (nSPS) is 22.8. The van der Waals surface area contributed by atoms with E-state index >= 15 is 0 Å². The van der Waals surface area contributed by atoms with Gasteiger partial charge in [0, 0.05) is 16.8 Å². The monoisotopic (exact) mass is 474 g/mol. The Kier molecular flexibility index (Phi) is 9.58. The molecule has 0 radical (unpaired) electrons. The Morgan fingerprint density at radius 3 is 1.60 bits per heavy atom. The van der Waals surface area contributed by atoms with Gasteiger partial charge >= 0.3 is 0 Å². The molecule has 4 N–H and O–H groups in total. The number of hydrogen-bond donors (Lipinski definition) is 2. The van der Waals surface area contributed by atoms with E-state index in [1.807, 2.05) is 0 Å². The lowest BCUT2D eigenvalue weighted by Gasteiger charge is -2.42. The highest BCUT2D eigenvalue weighted by Crippen LogP contribution is 2.49. The maximum absolute atomic E-state index is 6.03. The van der Waals surface area contributed by atoms with E-state index in [1.54, 1.807) is 0 Å². The van der Waals surface area contributed by atoms with E-state index in [0.717, 1.165) is 29.1 Å². The Labute approximate surface area is 215 Å². The highest BCUT2D eigenvalue weighted by atomic mass is 14.5. The zero-order valence-corrected chi connectivity index (χ0v) is 22.3. The summed E-state index contributed by atoms with van der Waals surface area (Å²) in [4.78, 5) is 0. The van der Waals surface area contributed by atoms with Crippen LogP contribution < -0.4 is 11.5 Å². The van der Waals surface area contributed by atoms with Crippen LogP contribution in [0.15, 0.2) is 48.5 Å². The van der Waals surface area contributed by atoms with Gasteiger partial charge in [-0.15, -0.1) is 0 Å². The van der Waals surface area contributed by atoms with Crippen molar-refractivity contribution in [3.8, 4) is 0 Å². The molecule has 0 bridgehead atoms. The molecule has 2 heteroatoms. The minimum absolute atomic E-state index is 0.104. The third-order valence-electron chi connectivity index (χ3n) is 9.48. The van der Waals surface area contributed by atoms with Crippen LogP contribution in [0.3, 0.4) is 0 Å². The highest BCUT2D eigenvalue weighted by Gasteiger charge is 2.39. The SMILES string of the molecule is CCCCCCCCC1CCC(CC2CCC(c3ccc(N)cc3)(c3ccc(N)cc3)CC2)CC1. The van der Waals surface area contributed by atoms with Gasteiger partial charge in [-0.2, -0.15) is 0 Å². The first-order valence-electron chi connectivity index (χ1n) is 14.8. The molecule has 4 rings (SSSR count). The third kappa shape index (κ3) is 7.05. The van der Waals surface area contributed by atoms with Gasteiger partial charge in [0.1, 0.15) is 0 Å². The van der Waals surface area contributed by atoms with Crippen LogP contribution in [0.5, 0.6) is 0 Å². The summed E-state index contributed by atoms with van der Waals surface area (Å²) in [7, 11) is 0. The van der Waals surface area contributed by atoms with Crippen molar-refractivity contribution in [3.63, 3.8) is 0 Å². The van der Waals surface area contributed by atoms with Crippen molar-refractivity contribution < 1.29 is 0 Å². The van der Waals surface area contributed by atoms with E-state index in [4.69, 9.17) is 11.5 Å². The van der Waals surface area contributed by atoms with Crippen LogP contribution in [-0.2, 0) is 5.41 Å². The summed E-state index contributed by atoms with van der Waals surface area (Å²) in [6, 6.07) is 17.3. The molecule has 2 aromatic carbocycles. The molecule has 0 saturated heterocycles. The second kappa shape index (κ2) is 12.8. The second-order valence-electron chi connectivity index (χ2n) is 11.9. The number of rotatable bonds is 11. The molecule has 0 spiro atoms. The van der Waals surface area contributed by atoms with E-state index in [0.29, 0.717) is 0 Å². The summed E-state index contributed by atoms with van der Waals surface area (Å²) in [5, 5.41) is 0. The van der Waals surface area contributed by atoms with Gasteiger partial charge in [0.2, 0.25) is 0 Å². The average molecular weight is 475 g/mol. The fourth-order valence-electron chi connectivity index (χ4n) is 7.20. The smallest absolute Gasteiger partial charge is 0.0314 e. The van der Waals surface area contributed by atoms with E-state index in [1.165, 1.54) is 114 Å². The molecular weight excluding hydrogens is 424 g/mol. The van der Waals surface area contributed by atoms with Crippen molar-refractivity contribution in [3.05, 3.63) is 59.7 Å². The quantitative estimate of drug-likeness (QED) is 0.252. The van der Waals surface area contributed by atoms with Crippen LogP contribution in [0.2, 0.25) is 0 Å². The topological polar surface area (TPSA) is 52.0 Å². The molecule has 0 atom stereocenters. The van der Waals surface area contributed by atoms with Crippen LogP contribution in [0, 0.1) is 17.8 Å². The van der Waals surface area contributed by atoms with Crippen LogP contribution >= 0.6 is 0 Å². The average Bonchev–Trinajstić information content (AvgIpc) is 2.89. The Hall–Kier alpha value is -1.96. The van der Waals surface area contributed by atoms with Crippen LogP contribution in [-0.4, -0.2) is 0 Å². The maximum Gasteiger partial charge on any atom is 0.0314 e. The van der Waals surface area contributed by atoms with Crippen molar-refractivity contribution in [1.29, 1.82) is 0 Å². The van der Waals surface area contributed by atoms with Gasteiger partial charge in [-0.25, -0.2) is 0 Å². The highest BCUT2D eigenvalue weighted by molar-refractivity contribution is 5.49. The standard InChI is InChI=1S/C33H50N2/c1-2-3-4-5-6-7-8-26-9-11-27(12-10-26)25-28-21-23-33(24-22-28,29-13-17-31(34)18-14-29)30-15-19-32(35)20-16-30/h13-20,26-28H,2-12,21-25,34-35H2,1H3. The molecule has 35 heavy (non-hydrogen) atoms. The van der Waals surface area contributed by atoms with Crippen molar-refractivity contribution in [2.75, 3.05) is 11.5 Å². The fraction of sp³-hybridized carbons (Fsp3) is 0.636. The lowest BCUT2D eigenvalue weighted by molar-refractivity contribution is 0.184. The van der Waals surface area contributed by atoms with E-state index in [9.17, 15) is 0 Å². The summed E-state index contributed by atoms with van der Waals surface area (Å²) in [5.41, 5.74) is 16.7. The summed E-state index contributed by atoms with van der Waals surface area (Å²) in [6.45, 7) is 2.31. The van der Waals surface area contributed by atoms with Gasteiger partial charge < -0.3 is 11.5 Å². The minimum atomic E-state index is 0.104. The first kappa shape index (κ1) is 26.1. The molecular formula is C33H50N2. The van der Waals surface area contributed by atoms with Crippen LogP contribution in [0.4, 0.5) is 11.4 Å². The molecule has 2 aliphatic rings. The van der Waals surface area contributed by atoms with E-state index in [-0.39, 0.29) is 5.41 Å². The minimum Gasteiger partial charge on any atom is -0.399 e. The predicted molar refractivity (Wildman–Crippen MR) is 153 cm³/mol. The zero-order valence-electron chi connectivity index (χ0n) is 22.3. The predicted octanol–water partition coefficient (Wildman–Crippen LogP) is 9.27. The number of unbranched alkanes of at least 4 members (excludes halogenated alkanes) is 5. The van der Waals surface area contributed by atoms with Crippen LogP contribution in [0.25, 0.3) is 0 Å².